The van der Waals surface area contributed by atoms with E-state index >= 15 is 0 Å². The molecule has 1 saturated heterocycles. The number of likely N-dealkylation sites (tertiary alicyclic amines) is 1. The molecule has 1 heterocycles. The summed E-state index contributed by atoms with van der Waals surface area (Å²) in [6.07, 6.45) is 2.52. The monoisotopic (exact) mass is 317 g/mol. The van der Waals surface area contributed by atoms with Crippen LogP contribution in [-0.2, 0) is 9.59 Å². The van der Waals surface area contributed by atoms with Gasteiger partial charge in [0, 0.05) is 25.9 Å². The molecule has 23 heavy (non-hydrogen) atoms. The van der Waals surface area contributed by atoms with Crippen LogP contribution in [0, 0.1) is 19.3 Å². The zero-order valence-electron chi connectivity index (χ0n) is 13.7. The number of carboxylic acid groups (broad SMARTS) is 1. The summed E-state index contributed by atoms with van der Waals surface area (Å²) in [6, 6.07) is 6.15. The van der Waals surface area contributed by atoms with Gasteiger partial charge in [-0.1, -0.05) is 12.1 Å². The summed E-state index contributed by atoms with van der Waals surface area (Å²) in [7, 11) is 0. The van der Waals surface area contributed by atoms with Gasteiger partial charge in [0.1, 0.15) is 17.3 Å². The fourth-order valence-electron chi connectivity index (χ4n) is 3.14. The van der Waals surface area contributed by atoms with Crippen LogP contribution in [0.4, 0.5) is 0 Å². The maximum absolute atomic E-state index is 12.4. The number of nitrogens with zero attached hydrogens (tertiary/aromatic N) is 1. The Morgan fingerprint density at radius 2 is 1.87 bits per heavy atom. The minimum atomic E-state index is -1.12. The lowest BCUT2D eigenvalue weighted by atomic mass is 10.0. The van der Waals surface area contributed by atoms with Gasteiger partial charge in [-0.3, -0.25) is 9.59 Å². The van der Waals surface area contributed by atoms with Crippen molar-refractivity contribution in [3.8, 4) is 5.75 Å². The molecule has 5 heteroatoms. The molecule has 1 aliphatic heterocycles. The maximum Gasteiger partial charge on any atom is 0.319 e. The van der Waals surface area contributed by atoms with Gasteiger partial charge in [-0.15, -0.1) is 0 Å². The second-order valence-electron chi connectivity index (χ2n) is 6.77. The van der Waals surface area contributed by atoms with Gasteiger partial charge in [0.05, 0.1) is 0 Å². The second kappa shape index (κ2) is 5.87. The van der Waals surface area contributed by atoms with E-state index in [9.17, 15) is 14.7 Å². The van der Waals surface area contributed by atoms with E-state index in [1.54, 1.807) is 4.90 Å². The van der Waals surface area contributed by atoms with Crippen molar-refractivity contribution in [2.75, 3.05) is 13.1 Å². The summed E-state index contributed by atoms with van der Waals surface area (Å²) >= 11 is 0. The lowest BCUT2D eigenvalue weighted by Gasteiger charge is -2.34. The number of carbonyl (C=O) groups is 2. The molecule has 1 aliphatic carbocycles. The Morgan fingerprint density at radius 1 is 1.22 bits per heavy atom. The van der Waals surface area contributed by atoms with Crippen LogP contribution in [0.5, 0.6) is 5.75 Å². The third-order valence-corrected chi connectivity index (χ3v) is 4.94. The molecule has 0 spiro atoms. The minimum Gasteiger partial charge on any atom is -0.490 e. The van der Waals surface area contributed by atoms with E-state index in [4.69, 9.17) is 4.74 Å². The molecule has 5 nitrogen and oxygen atoms in total. The molecule has 0 unspecified atom stereocenters. The lowest BCUT2D eigenvalue weighted by molar-refractivity contribution is -0.154. The summed E-state index contributed by atoms with van der Waals surface area (Å²) in [4.78, 5) is 25.4. The Kier molecular flexibility index (Phi) is 4.04. The molecule has 1 N–H and O–H groups in total. The van der Waals surface area contributed by atoms with Crippen molar-refractivity contribution in [2.45, 2.75) is 45.6 Å². The molecule has 0 aromatic heterocycles. The van der Waals surface area contributed by atoms with Gasteiger partial charge < -0.3 is 14.7 Å². The number of carboxylic acids is 1. The van der Waals surface area contributed by atoms with Crippen molar-refractivity contribution < 1.29 is 19.4 Å². The standard InChI is InChI=1S/C18H23NO4/c1-12-3-4-13(2)15(11-12)23-14-5-9-19(10-6-14)16(20)18(7-8-18)17(21)22/h3-4,11,14H,5-10H2,1-2H3,(H,21,22). The molecule has 2 fully saturated rings. The quantitative estimate of drug-likeness (QED) is 0.867. The third-order valence-electron chi connectivity index (χ3n) is 4.94. The second-order valence-corrected chi connectivity index (χ2v) is 6.77. The fourth-order valence-corrected chi connectivity index (χ4v) is 3.14. The van der Waals surface area contributed by atoms with E-state index in [2.05, 4.69) is 6.07 Å². The van der Waals surface area contributed by atoms with Crippen molar-refractivity contribution in [3.63, 3.8) is 0 Å². The number of benzene rings is 1. The van der Waals surface area contributed by atoms with E-state index in [0.717, 1.165) is 29.7 Å². The largest absolute Gasteiger partial charge is 0.490 e. The zero-order chi connectivity index (χ0) is 16.6. The van der Waals surface area contributed by atoms with Gasteiger partial charge >= 0.3 is 5.97 Å². The molecule has 2 aliphatic rings. The van der Waals surface area contributed by atoms with Gasteiger partial charge in [-0.05, 0) is 43.9 Å². The maximum atomic E-state index is 12.4. The topological polar surface area (TPSA) is 66.8 Å². The Bertz CT molecular complexity index is 628. The summed E-state index contributed by atoms with van der Waals surface area (Å²) < 4.78 is 6.09. The Morgan fingerprint density at radius 3 is 2.43 bits per heavy atom. The summed E-state index contributed by atoms with van der Waals surface area (Å²) in [5, 5.41) is 9.24. The molecule has 3 rings (SSSR count). The van der Waals surface area contributed by atoms with Crippen LogP contribution in [-0.4, -0.2) is 41.1 Å². The van der Waals surface area contributed by atoms with Gasteiger partial charge in [-0.2, -0.15) is 0 Å². The van der Waals surface area contributed by atoms with Crippen LogP contribution in [0.25, 0.3) is 0 Å². The highest BCUT2D eigenvalue weighted by Crippen LogP contribution is 2.47. The predicted molar refractivity (Wildman–Crippen MR) is 85.4 cm³/mol. The Hall–Kier alpha value is -2.04. The average molecular weight is 317 g/mol. The van der Waals surface area contributed by atoms with Crippen LogP contribution < -0.4 is 4.74 Å². The highest BCUT2D eigenvalue weighted by Gasteiger charge is 2.58. The van der Waals surface area contributed by atoms with Crippen LogP contribution in [0.1, 0.15) is 36.8 Å². The van der Waals surface area contributed by atoms with Crippen molar-refractivity contribution in [2.24, 2.45) is 5.41 Å². The minimum absolute atomic E-state index is 0.0829. The van der Waals surface area contributed by atoms with Gasteiger partial charge in [-0.25, -0.2) is 0 Å². The first-order chi connectivity index (χ1) is 10.9. The summed E-state index contributed by atoms with van der Waals surface area (Å²) in [6.45, 7) is 5.21. The van der Waals surface area contributed by atoms with Crippen LogP contribution in [0.3, 0.4) is 0 Å². The van der Waals surface area contributed by atoms with Crippen molar-refractivity contribution in [1.29, 1.82) is 0 Å². The fraction of sp³-hybridized carbons (Fsp3) is 0.556. The molecular weight excluding hydrogens is 294 g/mol. The van der Waals surface area contributed by atoms with E-state index in [1.807, 2.05) is 26.0 Å². The van der Waals surface area contributed by atoms with Gasteiger partial charge in [0.2, 0.25) is 5.91 Å². The molecule has 1 amide bonds. The number of ether oxygens (including phenoxy) is 1. The van der Waals surface area contributed by atoms with E-state index < -0.39 is 11.4 Å². The summed E-state index contributed by atoms with van der Waals surface area (Å²) in [5.74, 6) is -0.287. The lowest BCUT2D eigenvalue weighted by Crippen LogP contribution is -2.46. The number of carbonyl (C=O) groups excluding carboxylic acids is 1. The number of aryl methyl sites for hydroxylation is 2. The van der Waals surface area contributed by atoms with Crippen molar-refractivity contribution in [1.82, 2.24) is 4.90 Å². The van der Waals surface area contributed by atoms with E-state index in [1.165, 1.54) is 0 Å². The van der Waals surface area contributed by atoms with Crippen LogP contribution in [0.2, 0.25) is 0 Å². The first-order valence-corrected chi connectivity index (χ1v) is 8.19. The molecule has 1 aromatic carbocycles. The van der Waals surface area contributed by atoms with E-state index in [-0.39, 0.29) is 12.0 Å². The molecule has 0 radical (unpaired) electrons. The van der Waals surface area contributed by atoms with E-state index in [0.29, 0.717) is 25.9 Å². The molecule has 124 valence electrons. The van der Waals surface area contributed by atoms with Crippen LogP contribution in [0.15, 0.2) is 18.2 Å². The molecule has 0 atom stereocenters. The first-order valence-electron chi connectivity index (χ1n) is 8.19. The Balaban J connectivity index is 1.58. The highest BCUT2D eigenvalue weighted by molar-refractivity contribution is 6.04. The average Bonchev–Trinajstić information content (AvgIpc) is 3.33. The molecule has 0 bridgehead atoms. The van der Waals surface area contributed by atoms with Gasteiger partial charge in [0.15, 0.2) is 0 Å². The molecule has 1 saturated carbocycles. The number of hydrogen-bond acceptors (Lipinski definition) is 3. The SMILES string of the molecule is Cc1ccc(C)c(OC2CCN(C(=O)C3(C(=O)O)CC3)CC2)c1. The van der Waals surface area contributed by atoms with Crippen molar-refractivity contribution >= 4 is 11.9 Å². The van der Waals surface area contributed by atoms with Crippen LogP contribution >= 0.6 is 0 Å². The predicted octanol–water partition coefficient (Wildman–Crippen LogP) is 2.54. The Labute approximate surface area is 136 Å². The number of aliphatic carboxylic acids is 1. The third kappa shape index (κ3) is 3.05. The molecular formula is C18H23NO4. The first kappa shape index (κ1) is 15.8. The van der Waals surface area contributed by atoms with Crippen molar-refractivity contribution in [3.05, 3.63) is 29.3 Å². The number of piperidine rings is 1. The molecule has 1 aromatic rings. The highest BCUT2D eigenvalue weighted by atomic mass is 16.5. The zero-order valence-corrected chi connectivity index (χ0v) is 13.7. The number of amides is 1. The van der Waals surface area contributed by atoms with Gasteiger partial charge in [0.25, 0.3) is 0 Å². The summed E-state index contributed by atoms with van der Waals surface area (Å²) in [5.41, 5.74) is 1.15. The number of hydrogen-bond donors (Lipinski definition) is 1. The smallest absolute Gasteiger partial charge is 0.319 e. The normalized spacial score (nSPS) is 20.2. The number of rotatable bonds is 4.